The fourth-order valence-corrected chi connectivity index (χ4v) is 4.42. The summed E-state index contributed by atoms with van der Waals surface area (Å²) in [5.41, 5.74) is 2.17. The fourth-order valence-electron chi connectivity index (χ4n) is 3.70. The minimum atomic E-state index is -0.464. The molecule has 4 rings (SSSR count). The highest BCUT2D eigenvalue weighted by atomic mass is 32.1. The highest BCUT2D eigenvalue weighted by Crippen LogP contribution is 2.29. The maximum atomic E-state index is 14.0. The molecule has 2 heterocycles. The zero-order valence-electron chi connectivity index (χ0n) is 18.2. The first-order valence-corrected chi connectivity index (χ1v) is 11.5. The lowest BCUT2D eigenvalue weighted by atomic mass is 9.96. The Bertz CT molecular complexity index is 1150. The van der Waals surface area contributed by atoms with Crippen molar-refractivity contribution in [2.75, 3.05) is 25.5 Å². The molecule has 1 N–H and O–H groups in total. The van der Waals surface area contributed by atoms with E-state index in [1.807, 2.05) is 30.3 Å². The van der Waals surface area contributed by atoms with Crippen LogP contribution in [0.2, 0.25) is 0 Å². The van der Waals surface area contributed by atoms with Crippen LogP contribution in [0.5, 0.6) is 5.75 Å². The van der Waals surface area contributed by atoms with Crippen LogP contribution in [0.25, 0.3) is 17.3 Å². The molecule has 2 aromatic carbocycles. The molecule has 0 atom stereocenters. The van der Waals surface area contributed by atoms with Gasteiger partial charge in [0.15, 0.2) is 16.7 Å². The Balaban J connectivity index is 1.29. The maximum Gasteiger partial charge on any atom is 0.246 e. The van der Waals surface area contributed by atoms with Gasteiger partial charge in [-0.2, -0.15) is 0 Å². The van der Waals surface area contributed by atoms with Gasteiger partial charge in [-0.1, -0.05) is 30.3 Å². The number of anilines is 1. The number of hydrogen-bond acceptors (Lipinski definition) is 5. The molecule has 0 aliphatic carbocycles. The number of likely N-dealkylation sites (tertiary alicyclic amines) is 1. The third-order valence-electron chi connectivity index (χ3n) is 5.58. The molecule has 6 nitrogen and oxygen atoms in total. The number of amides is 2. The molecule has 1 fully saturated rings. The van der Waals surface area contributed by atoms with Gasteiger partial charge >= 0.3 is 0 Å². The van der Waals surface area contributed by atoms with Gasteiger partial charge in [0.25, 0.3) is 0 Å². The van der Waals surface area contributed by atoms with Crippen molar-refractivity contribution in [3.05, 3.63) is 71.4 Å². The van der Waals surface area contributed by atoms with Gasteiger partial charge in [-0.15, -0.1) is 11.3 Å². The van der Waals surface area contributed by atoms with E-state index in [0.717, 1.165) is 5.56 Å². The Morgan fingerprint density at radius 1 is 1.18 bits per heavy atom. The molecule has 1 saturated heterocycles. The van der Waals surface area contributed by atoms with Crippen molar-refractivity contribution in [1.82, 2.24) is 9.88 Å². The molecule has 1 aromatic heterocycles. The second-order valence-electron chi connectivity index (χ2n) is 7.72. The quantitative estimate of drug-likeness (QED) is 0.529. The number of ether oxygens (including phenoxy) is 1. The minimum absolute atomic E-state index is 0.0472. The zero-order valence-corrected chi connectivity index (χ0v) is 19.0. The number of piperidine rings is 1. The number of methoxy groups -OCH3 is 1. The van der Waals surface area contributed by atoms with E-state index in [-0.39, 0.29) is 23.5 Å². The van der Waals surface area contributed by atoms with Crippen LogP contribution in [0.3, 0.4) is 0 Å². The van der Waals surface area contributed by atoms with E-state index in [4.69, 9.17) is 4.74 Å². The SMILES string of the molecule is COc1ccc(-c2csc(NC(=O)C3CCN(C(=O)/C=C/c4ccccc4)CC3)n2)cc1F. The minimum Gasteiger partial charge on any atom is -0.494 e. The second kappa shape index (κ2) is 10.4. The lowest BCUT2D eigenvalue weighted by molar-refractivity contribution is -0.130. The summed E-state index contributed by atoms with van der Waals surface area (Å²) in [4.78, 5) is 31.3. The highest BCUT2D eigenvalue weighted by molar-refractivity contribution is 7.14. The molecule has 3 aromatic rings. The summed E-state index contributed by atoms with van der Waals surface area (Å²) in [6.45, 7) is 1.06. The normalized spacial score (nSPS) is 14.4. The third kappa shape index (κ3) is 5.64. The molecule has 1 aliphatic rings. The van der Waals surface area contributed by atoms with Gasteiger partial charge in [-0.25, -0.2) is 9.37 Å². The lowest BCUT2D eigenvalue weighted by Gasteiger charge is -2.30. The van der Waals surface area contributed by atoms with Crippen LogP contribution < -0.4 is 10.1 Å². The maximum absolute atomic E-state index is 14.0. The van der Waals surface area contributed by atoms with Gasteiger partial charge < -0.3 is 15.0 Å². The number of halogens is 1. The fraction of sp³-hybridized carbons (Fsp3) is 0.240. The van der Waals surface area contributed by atoms with E-state index in [9.17, 15) is 14.0 Å². The van der Waals surface area contributed by atoms with Crippen molar-refractivity contribution in [3.8, 4) is 17.0 Å². The molecule has 0 bridgehead atoms. The van der Waals surface area contributed by atoms with E-state index < -0.39 is 5.82 Å². The molecule has 0 radical (unpaired) electrons. The summed E-state index contributed by atoms with van der Waals surface area (Å²) in [7, 11) is 1.41. The average Bonchev–Trinajstić information content (AvgIpc) is 3.31. The third-order valence-corrected chi connectivity index (χ3v) is 6.33. The number of nitrogens with zero attached hydrogens (tertiary/aromatic N) is 2. The first-order chi connectivity index (χ1) is 16.0. The largest absolute Gasteiger partial charge is 0.494 e. The van der Waals surface area contributed by atoms with E-state index in [2.05, 4.69) is 10.3 Å². The summed E-state index contributed by atoms with van der Waals surface area (Å²) in [6, 6.07) is 14.3. The topological polar surface area (TPSA) is 71.5 Å². The van der Waals surface area contributed by atoms with Crippen molar-refractivity contribution in [1.29, 1.82) is 0 Å². The zero-order chi connectivity index (χ0) is 23.2. The second-order valence-corrected chi connectivity index (χ2v) is 8.58. The van der Waals surface area contributed by atoms with Crippen LogP contribution in [0.1, 0.15) is 18.4 Å². The van der Waals surface area contributed by atoms with Crippen LogP contribution in [0, 0.1) is 11.7 Å². The van der Waals surface area contributed by atoms with Crippen molar-refractivity contribution in [2.45, 2.75) is 12.8 Å². The summed E-state index contributed by atoms with van der Waals surface area (Å²) in [6.07, 6.45) is 4.57. The van der Waals surface area contributed by atoms with Crippen molar-refractivity contribution < 1.29 is 18.7 Å². The van der Waals surface area contributed by atoms with Gasteiger partial charge in [-0.05, 0) is 42.7 Å². The van der Waals surface area contributed by atoms with E-state index >= 15 is 0 Å². The van der Waals surface area contributed by atoms with Crippen LogP contribution in [0.4, 0.5) is 9.52 Å². The average molecular weight is 466 g/mol. The monoisotopic (exact) mass is 465 g/mol. The predicted octanol–water partition coefficient (Wildman–Crippen LogP) is 4.85. The number of carbonyl (C=O) groups excluding carboxylic acids is 2. The highest BCUT2D eigenvalue weighted by Gasteiger charge is 2.27. The Labute approximate surface area is 195 Å². The molecular formula is C25H24FN3O3S. The standard InChI is InChI=1S/C25H24FN3O3S/c1-32-22-9-8-19(15-20(22)26)21-16-33-25(27-21)28-24(31)18-11-13-29(14-12-18)23(30)10-7-17-5-3-2-4-6-17/h2-10,15-16,18H,11-14H2,1H3,(H,27,28,31)/b10-7+. The van der Waals surface area contributed by atoms with Gasteiger partial charge in [0.2, 0.25) is 11.8 Å². The van der Waals surface area contributed by atoms with Gasteiger partial charge in [0.05, 0.1) is 12.8 Å². The summed E-state index contributed by atoms with van der Waals surface area (Å²) >= 11 is 1.29. The van der Waals surface area contributed by atoms with Gasteiger partial charge in [0, 0.05) is 36.0 Å². The van der Waals surface area contributed by atoms with Crippen LogP contribution in [-0.2, 0) is 9.59 Å². The lowest BCUT2D eigenvalue weighted by Crippen LogP contribution is -2.40. The summed E-state index contributed by atoms with van der Waals surface area (Å²) in [5, 5.41) is 5.11. The smallest absolute Gasteiger partial charge is 0.246 e. The Kier molecular flexibility index (Phi) is 7.14. The Morgan fingerprint density at radius 3 is 2.64 bits per heavy atom. The van der Waals surface area contributed by atoms with E-state index in [1.54, 1.807) is 34.6 Å². The van der Waals surface area contributed by atoms with Crippen molar-refractivity contribution in [2.24, 2.45) is 5.92 Å². The molecule has 0 unspecified atom stereocenters. The van der Waals surface area contributed by atoms with Gasteiger partial charge in [-0.3, -0.25) is 9.59 Å². The van der Waals surface area contributed by atoms with Gasteiger partial charge in [0.1, 0.15) is 0 Å². The number of aromatic nitrogens is 1. The number of benzene rings is 2. The molecule has 8 heteroatoms. The molecule has 170 valence electrons. The molecule has 0 saturated carbocycles. The van der Waals surface area contributed by atoms with Crippen molar-refractivity contribution in [3.63, 3.8) is 0 Å². The predicted molar refractivity (Wildman–Crippen MR) is 127 cm³/mol. The Hall–Kier alpha value is -3.52. The number of rotatable bonds is 6. The number of nitrogens with one attached hydrogen (secondary N) is 1. The molecule has 33 heavy (non-hydrogen) atoms. The molecule has 2 amide bonds. The number of hydrogen-bond donors (Lipinski definition) is 1. The Morgan fingerprint density at radius 2 is 1.94 bits per heavy atom. The van der Waals surface area contributed by atoms with Crippen LogP contribution >= 0.6 is 11.3 Å². The molecular weight excluding hydrogens is 441 g/mol. The first-order valence-electron chi connectivity index (χ1n) is 10.7. The first kappa shape index (κ1) is 22.7. The number of thiazole rings is 1. The molecule has 1 aliphatic heterocycles. The summed E-state index contributed by atoms with van der Waals surface area (Å²) in [5.74, 6) is -0.632. The van der Waals surface area contributed by atoms with E-state index in [0.29, 0.717) is 42.3 Å². The number of carbonyl (C=O) groups is 2. The van der Waals surface area contributed by atoms with Crippen molar-refractivity contribution >= 4 is 34.4 Å². The molecule has 0 spiro atoms. The summed E-state index contributed by atoms with van der Waals surface area (Å²) < 4.78 is 18.9. The van der Waals surface area contributed by atoms with E-state index in [1.165, 1.54) is 24.5 Å². The van der Waals surface area contributed by atoms with Crippen LogP contribution in [-0.4, -0.2) is 41.9 Å². The van der Waals surface area contributed by atoms with Crippen LogP contribution in [0.15, 0.2) is 60.0 Å².